The highest BCUT2D eigenvalue weighted by Gasteiger charge is 2.27. The summed E-state index contributed by atoms with van der Waals surface area (Å²) < 4.78 is 88.0. The lowest BCUT2D eigenvalue weighted by Gasteiger charge is -2.11. The molecule has 1 aliphatic heterocycles. The lowest BCUT2D eigenvalue weighted by Crippen LogP contribution is -2.15. The number of aromatic nitrogens is 6. The van der Waals surface area contributed by atoms with Gasteiger partial charge in [-0.05, 0) is 22.6 Å². The summed E-state index contributed by atoms with van der Waals surface area (Å²) in [5, 5.41) is 14.0. The molecule has 0 aliphatic carbocycles. The molecule has 246 valence electrons. The largest absolute Gasteiger partial charge is 0.390 e. The number of fused-ring (bicyclic) bond motifs is 2. The van der Waals surface area contributed by atoms with Crippen molar-refractivity contribution in [3.63, 3.8) is 0 Å². The summed E-state index contributed by atoms with van der Waals surface area (Å²) in [7, 11) is 0. The van der Waals surface area contributed by atoms with Crippen molar-refractivity contribution in [2.75, 3.05) is 36.9 Å². The highest BCUT2D eigenvalue weighted by Crippen LogP contribution is 2.30. The summed E-state index contributed by atoms with van der Waals surface area (Å²) in [4.78, 5) is 8.36. The van der Waals surface area contributed by atoms with E-state index in [1.54, 1.807) is 12.4 Å². The van der Waals surface area contributed by atoms with Crippen LogP contribution in [0.15, 0.2) is 48.8 Å². The molecule has 0 spiro atoms. The zero-order chi connectivity index (χ0) is 33.1. The molecule has 5 heterocycles. The first-order valence-corrected chi connectivity index (χ1v) is 15.3. The minimum Gasteiger partial charge on any atom is -0.382 e. The summed E-state index contributed by atoms with van der Waals surface area (Å²) in [5.41, 5.74) is 4.05. The standard InChI is InChI=1S/C18H16ClF3N4O2.C9H7ClF3IN4/c19-15-9-13(23-6-5-18(20,21)22)16-24-10-14(26(16)25-15)11-1-3-12(4-2-11)17-27-7-8-28-17;10-6-3-5(15-2-1-9(11,12)13)8-16-4-7(14)18(8)17-6/h1-4,9-10,17,23H,5-8H2;3-4,15H,1-2H2. The Kier molecular flexibility index (Phi) is 10.7. The van der Waals surface area contributed by atoms with Crippen LogP contribution in [0.5, 0.6) is 0 Å². The molecular weight excluding hydrogens is 780 g/mol. The second-order valence-electron chi connectivity index (χ2n) is 9.74. The van der Waals surface area contributed by atoms with E-state index in [9.17, 15) is 26.3 Å². The van der Waals surface area contributed by atoms with E-state index < -0.39 is 25.2 Å². The van der Waals surface area contributed by atoms with Gasteiger partial charge in [0, 0.05) is 36.3 Å². The van der Waals surface area contributed by atoms with Gasteiger partial charge in [-0.2, -0.15) is 36.5 Å². The van der Waals surface area contributed by atoms with Crippen molar-refractivity contribution in [3.8, 4) is 11.3 Å². The van der Waals surface area contributed by atoms with Crippen molar-refractivity contribution in [2.24, 2.45) is 0 Å². The number of nitrogens with one attached hydrogen (secondary N) is 2. The molecule has 19 heteroatoms. The molecule has 1 aliphatic rings. The van der Waals surface area contributed by atoms with Crippen LogP contribution in [0.25, 0.3) is 22.6 Å². The number of anilines is 2. The molecule has 0 saturated carbocycles. The van der Waals surface area contributed by atoms with Gasteiger partial charge in [-0.1, -0.05) is 47.5 Å². The third kappa shape index (κ3) is 8.81. The molecule has 6 rings (SSSR count). The number of halogens is 9. The number of alkyl halides is 6. The number of hydrogen-bond acceptors (Lipinski definition) is 8. The zero-order valence-corrected chi connectivity index (χ0v) is 27.0. The molecule has 0 atom stereocenters. The Morgan fingerprint density at radius 3 is 1.83 bits per heavy atom. The molecule has 5 aromatic rings. The minimum absolute atomic E-state index is 0.144. The smallest absolute Gasteiger partial charge is 0.382 e. The lowest BCUT2D eigenvalue weighted by molar-refractivity contribution is -0.132. The molecular formula is C27H23Cl2F6IN8O2. The van der Waals surface area contributed by atoms with Gasteiger partial charge in [-0.25, -0.2) is 19.0 Å². The average molecular weight is 803 g/mol. The SMILES string of the molecule is FC(F)(F)CCNc1cc(Cl)nn2c(-c3ccc(C4OCCO4)cc3)cnc12.FC(F)(F)CCNc1cc(Cl)nn2c(I)cnc12. The number of imidazole rings is 2. The van der Waals surface area contributed by atoms with Crippen molar-refractivity contribution in [2.45, 2.75) is 31.5 Å². The molecule has 4 aromatic heterocycles. The van der Waals surface area contributed by atoms with Crippen LogP contribution in [0, 0.1) is 3.70 Å². The number of benzene rings is 1. The summed E-state index contributed by atoms with van der Waals surface area (Å²) in [6, 6.07) is 10.4. The van der Waals surface area contributed by atoms with Crippen molar-refractivity contribution in [1.29, 1.82) is 0 Å². The highest BCUT2D eigenvalue weighted by atomic mass is 127. The fourth-order valence-electron chi connectivity index (χ4n) is 4.35. The van der Waals surface area contributed by atoms with E-state index >= 15 is 0 Å². The molecule has 0 bridgehead atoms. The van der Waals surface area contributed by atoms with Crippen molar-refractivity contribution in [1.82, 2.24) is 29.2 Å². The van der Waals surface area contributed by atoms with Gasteiger partial charge < -0.3 is 20.1 Å². The van der Waals surface area contributed by atoms with Crippen LogP contribution in [0.2, 0.25) is 10.3 Å². The van der Waals surface area contributed by atoms with Crippen LogP contribution in [0.4, 0.5) is 37.7 Å². The fraction of sp³-hybridized carbons (Fsp3) is 0.333. The number of ether oxygens (including phenoxy) is 2. The van der Waals surface area contributed by atoms with Gasteiger partial charge >= 0.3 is 12.4 Å². The van der Waals surface area contributed by atoms with Crippen LogP contribution < -0.4 is 10.6 Å². The number of rotatable bonds is 8. The minimum atomic E-state index is -4.24. The molecule has 1 aromatic carbocycles. The van der Waals surface area contributed by atoms with E-state index in [1.165, 1.54) is 21.2 Å². The third-order valence-electron chi connectivity index (χ3n) is 6.38. The van der Waals surface area contributed by atoms with Crippen molar-refractivity contribution >= 4 is 68.5 Å². The fourth-order valence-corrected chi connectivity index (χ4v) is 5.19. The van der Waals surface area contributed by atoms with E-state index in [0.717, 1.165) is 14.8 Å². The molecule has 10 nitrogen and oxygen atoms in total. The number of hydrogen-bond donors (Lipinski definition) is 2. The maximum absolute atomic E-state index is 12.4. The van der Waals surface area contributed by atoms with E-state index in [4.69, 9.17) is 32.7 Å². The Balaban J connectivity index is 0.000000200. The van der Waals surface area contributed by atoms with E-state index in [-0.39, 0.29) is 29.7 Å². The summed E-state index contributed by atoms with van der Waals surface area (Å²) >= 11 is 13.9. The van der Waals surface area contributed by atoms with Crippen molar-refractivity contribution < 1.29 is 35.8 Å². The van der Waals surface area contributed by atoms with E-state index in [2.05, 4.69) is 30.8 Å². The van der Waals surface area contributed by atoms with Crippen LogP contribution in [0.3, 0.4) is 0 Å². The van der Waals surface area contributed by atoms with Gasteiger partial charge in [0.2, 0.25) is 0 Å². The van der Waals surface area contributed by atoms with Crippen molar-refractivity contribution in [3.05, 3.63) is 68.4 Å². The first-order chi connectivity index (χ1) is 21.8. The highest BCUT2D eigenvalue weighted by molar-refractivity contribution is 14.1. The van der Waals surface area contributed by atoms with Gasteiger partial charge in [-0.15, -0.1) is 0 Å². The average Bonchev–Trinajstić information content (AvgIpc) is 3.73. The number of nitrogens with zero attached hydrogens (tertiary/aromatic N) is 6. The Labute approximate surface area is 280 Å². The topological polar surface area (TPSA) is 103 Å². The molecule has 1 fully saturated rings. The predicted molar refractivity (Wildman–Crippen MR) is 167 cm³/mol. The maximum Gasteiger partial charge on any atom is 0.390 e. The molecule has 2 N–H and O–H groups in total. The maximum atomic E-state index is 12.4. The van der Waals surface area contributed by atoms with Gasteiger partial charge in [0.05, 0.1) is 55.5 Å². The second kappa shape index (κ2) is 14.3. The predicted octanol–water partition coefficient (Wildman–Crippen LogP) is 7.81. The molecule has 0 radical (unpaired) electrons. The Hall–Kier alpha value is -3.13. The molecule has 0 unspecified atom stereocenters. The monoisotopic (exact) mass is 802 g/mol. The van der Waals surface area contributed by atoms with Crippen LogP contribution >= 0.6 is 45.8 Å². The first-order valence-electron chi connectivity index (χ1n) is 13.5. The summed E-state index contributed by atoms with van der Waals surface area (Å²) in [6.07, 6.45) is -7.51. The van der Waals surface area contributed by atoms with Gasteiger partial charge in [0.1, 0.15) is 3.70 Å². The summed E-state index contributed by atoms with van der Waals surface area (Å²) in [6.45, 7) is 0.610. The Morgan fingerprint density at radius 1 is 0.783 bits per heavy atom. The Morgan fingerprint density at radius 2 is 1.28 bits per heavy atom. The van der Waals surface area contributed by atoms with Crippen LogP contribution in [-0.4, -0.2) is 67.9 Å². The van der Waals surface area contributed by atoms with Crippen LogP contribution in [0.1, 0.15) is 24.7 Å². The summed E-state index contributed by atoms with van der Waals surface area (Å²) in [5.74, 6) is 0. The zero-order valence-electron chi connectivity index (χ0n) is 23.3. The van der Waals surface area contributed by atoms with Gasteiger partial charge in [0.25, 0.3) is 0 Å². The van der Waals surface area contributed by atoms with Gasteiger partial charge in [0.15, 0.2) is 27.9 Å². The van der Waals surface area contributed by atoms with Crippen LogP contribution in [-0.2, 0) is 9.47 Å². The molecule has 1 saturated heterocycles. The first kappa shape index (κ1) is 34.2. The molecule has 0 amide bonds. The molecule has 46 heavy (non-hydrogen) atoms. The van der Waals surface area contributed by atoms with Gasteiger partial charge in [-0.3, -0.25) is 0 Å². The second-order valence-corrected chi connectivity index (χ2v) is 11.6. The Bertz CT molecular complexity index is 1790. The van der Waals surface area contributed by atoms with E-state index in [0.29, 0.717) is 41.6 Å². The third-order valence-corrected chi connectivity index (χ3v) is 7.49. The van der Waals surface area contributed by atoms with E-state index in [1.807, 2.05) is 46.9 Å². The quantitative estimate of drug-likeness (QED) is 0.121. The lowest BCUT2D eigenvalue weighted by atomic mass is 10.1. The normalized spacial score (nSPS) is 14.1.